The third-order valence-electron chi connectivity index (χ3n) is 2.58. The van der Waals surface area contributed by atoms with E-state index in [4.69, 9.17) is 5.73 Å². The Balaban J connectivity index is 2.12. The first-order valence-corrected chi connectivity index (χ1v) is 6.53. The van der Waals surface area contributed by atoms with Crippen molar-refractivity contribution in [3.63, 3.8) is 0 Å². The molecule has 0 aliphatic carbocycles. The second kappa shape index (κ2) is 5.98. The molecule has 2 aromatic rings. The zero-order valence-corrected chi connectivity index (χ0v) is 10.5. The lowest BCUT2D eigenvalue weighted by Crippen LogP contribution is -2.01. The summed E-state index contributed by atoms with van der Waals surface area (Å²) in [5.41, 5.74) is 7.37. The standard InChI is InChI=1S/C14H13F2NS/c15-12-2-1-3-14(7-12)18-9-11-6-13(16)5-4-10(11)8-17/h1-7H,8-9,17H2. The van der Waals surface area contributed by atoms with Crippen molar-refractivity contribution in [2.45, 2.75) is 17.2 Å². The van der Waals surface area contributed by atoms with E-state index in [2.05, 4.69) is 0 Å². The molecule has 0 aromatic heterocycles. The zero-order valence-electron chi connectivity index (χ0n) is 9.70. The molecule has 0 saturated heterocycles. The highest BCUT2D eigenvalue weighted by Crippen LogP contribution is 2.25. The molecular formula is C14H13F2NS. The summed E-state index contributed by atoms with van der Waals surface area (Å²) >= 11 is 1.46. The highest BCUT2D eigenvalue weighted by atomic mass is 32.2. The van der Waals surface area contributed by atoms with Crippen molar-refractivity contribution in [3.8, 4) is 0 Å². The van der Waals surface area contributed by atoms with E-state index in [0.717, 1.165) is 16.0 Å². The average Bonchev–Trinajstić information content (AvgIpc) is 2.37. The molecule has 0 atom stereocenters. The van der Waals surface area contributed by atoms with Crippen molar-refractivity contribution in [3.05, 3.63) is 65.2 Å². The van der Waals surface area contributed by atoms with E-state index in [1.54, 1.807) is 12.1 Å². The summed E-state index contributed by atoms with van der Waals surface area (Å²) in [6, 6.07) is 10.9. The molecule has 2 aromatic carbocycles. The van der Waals surface area contributed by atoms with Crippen LogP contribution in [0.1, 0.15) is 11.1 Å². The molecule has 0 radical (unpaired) electrons. The molecule has 0 fully saturated rings. The number of rotatable bonds is 4. The van der Waals surface area contributed by atoms with Crippen LogP contribution in [-0.2, 0) is 12.3 Å². The molecule has 0 unspecified atom stereocenters. The molecule has 0 saturated carbocycles. The van der Waals surface area contributed by atoms with E-state index >= 15 is 0 Å². The number of halogens is 2. The highest BCUT2D eigenvalue weighted by Gasteiger charge is 2.04. The number of hydrogen-bond donors (Lipinski definition) is 1. The summed E-state index contributed by atoms with van der Waals surface area (Å²) in [5.74, 6) is 0.0358. The van der Waals surface area contributed by atoms with E-state index in [1.807, 2.05) is 6.07 Å². The Kier molecular flexibility index (Phi) is 4.33. The molecule has 0 spiro atoms. The molecule has 18 heavy (non-hydrogen) atoms. The van der Waals surface area contributed by atoms with Gasteiger partial charge in [0.25, 0.3) is 0 Å². The Morgan fingerprint density at radius 1 is 0.944 bits per heavy atom. The van der Waals surface area contributed by atoms with Crippen LogP contribution in [0.5, 0.6) is 0 Å². The lowest BCUT2D eigenvalue weighted by atomic mass is 10.1. The minimum Gasteiger partial charge on any atom is -0.326 e. The fourth-order valence-corrected chi connectivity index (χ4v) is 2.61. The van der Waals surface area contributed by atoms with Crippen molar-refractivity contribution >= 4 is 11.8 Å². The number of hydrogen-bond acceptors (Lipinski definition) is 2. The van der Waals surface area contributed by atoms with Crippen LogP contribution in [0.15, 0.2) is 47.4 Å². The third-order valence-corrected chi connectivity index (χ3v) is 3.62. The molecule has 2 rings (SSSR count). The van der Waals surface area contributed by atoms with E-state index in [0.29, 0.717) is 12.3 Å². The molecule has 0 aliphatic rings. The van der Waals surface area contributed by atoms with Crippen LogP contribution in [0, 0.1) is 11.6 Å². The summed E-state index contributed by atoms with van der Waals surface area (Å²) in [6.45, 7) is 0.374. The van der Waals surface area contributed by atoms with Gasteiger partial charge in [-0.05, 0) is 41.5 Å². The molecule has 2 N–H and O–H groups in total. The second-order valence-corrected chi connectivity index (χ2v) is 4.91. The lowest BCUT2D eigenvalue weighted by Gasteiger charge is -2.08. The second-order valence-electron chi connectivity index (χ2n) is 3.86. The van der Waals surface area contributed by atoms with Crippen LogP contribution in [0.25, 0.3) is 0 Å². The van der Waals surface area contributed by atoms with Gasteiger partial charge >= 0.3 is 0 Å². The van der Waals surface area contributed by atoms with E-state index in [9.17, 15) is 8.78 Å². The van der Waals surface area contributed by atoms with Crippen LogP contribution < -0.4 is 5.73 Å². The summed E-state index contributed by atoms with van der Waals surface area (Å²) in [5, 5.41) is 0. The van der Waals surface area contributed by atoms with Gasteiger partial charge in [0, 0.05) is 17.2 Å². The molecule has 1 nitrogen and oxygen atoms in total. The Labute approximate surface area is 109 Å². The predicted molar refractivity (Wildman–Crippen MR) is 70.3 cm³/mol. The summed E-state index contributed by atoms with van der Waals surface area (Å²) in [6.07, 6.45) is 0. The first kappa shape index (κ1) is 13.1. The first-order chi connectivity index (χ1) is 8.69. The molecule has 94 valence electrons. The van der Waals surface area contributed by atoms with Crippen molar-refractivity contribution < 1.29 is 8.78 Å². The maximum atomic E-state index is 13.2. The van der Waals surface area contributed by atoms with Gasteiger partial charge < -0.3 is 5.73 Å². The normalized spacial score (nSPS) is 10.6. The quantitative estimate of drug-likeness (QED) is 0.853. The molecule has 0 heterocycles. The van der Waals surface area contributed by atoms with E-state index in [1.165, 1.54) is 36.0 Å². The Morgan fingerprint density at radius 3 is 2.44 bits per heavy atom. The fraction of sp³-hybridized carbons (Fsp3) is 0.143. The predicted octanol–water partition coefficient (Wildman–Crippen LogP) is 3.72. The lowest BCUT2D eigenvalue weighted by molar-refractivity contribution is 0.623. The SMILES string of the molecule is NCc1ccc(F)cc1CSc1cccc(F)c1. The van der Waals surface area contributed by atoms with Gasteiger partial charge in [-0.2, -0.15) is 0 Å². The first-order valence-electron chi connectivity index (χ1n) is 5.55. The van der Waals surface area contributed by atoms with Gasteiger partial charge in [-0.3, -0.25) is 0 Å². The van der Waals surface area contributed by atoms with Gasteiger partial charge in [-0.15, -0.1) is 11.8 Å². The van der Waals surface area contributed by atoms with E-state index in [-0.39, 0.29) is 11.6 Å². The fourth-order valence-electron chi connectivity index (χ4n) is 1.65. The maximum absolute atomic E-state index is 13.2. The van der Waals surface area contributed by atoms with Crippen molar-refractivity contribution in [2.24, 2.45) is 5.73 Å². The van der Waals surface area contributed by atoms with Gasteiger partial charge in [0.15, 0.2) is 0 Å². The molecule has 0 amide bonds. The van der Waals surface area contributed by atoms with Crippen LogP contribution in [0.3, 0.4) is 0 Å². The monoisotopic (exact) mass is 265 g/mol. The molecule has 4 heteroatoms. The minimum atomic E-state index is -0.276. The Hall–Kier alpha value is -1.39. The third kappa shape index (κ3) is 3.31. The van der Waals surface area contributed by atoms with Crippen LogP contribution in [0.4, 0.5) is 8.78 Å². The van der Waals surface area contributed by atoms with Gasteiger partial charge in [-0.25, -0.2) is 8.78 Å². The van der Waals surface area contributed by atoms with Crippen LogP contribution >= 0.6 is 11.8 Å². The summed E-state index contributed by atoms with van der Waals surface area (Å²) < 4.78 is 26.2. The molecule has 0 bridgehead atoms. The number of nitrogens with two attached hydrogens (primary N) is 1. The number of thioether (sulfide) groups is 1. The highest BCUT2D eigenvalue weighted by molar-refractivity contribution is 7.98. The Bertz CT molecular complexity index is 543. The largest absolute Gasteiger partial charge is 0.326 e. The van der Waals surface area contributed by atoms with Crippen molar-refractivity contribution in [1.82, 2.24) is 0 Å². The van der Waals surface area contributed by atoms with Gasteiger partial charge in [-0.1, -0.05) is 12.1 Å². The van der Waals surface area contributed by atoms with Crippen LogP contribution in [-0.4, -0.2) is 0 Å². The molecular weight excluding hydrogens is 252 g/mol. The number of benzene rings is 2. The zero-order chi connectivity index (χ0) is 13.0. The summed E-state index contributed by atoms with van der Waals surface area (Å²) in [4.78, 5) is 0.822. The summed E-state index contributed by atoms with van der Waals surface area (Å²) in [7, 11) is 0. The van der Waals surface area contributed by atoms with Gasteiger partial charge in [0.2, 0.25) is 0 Å². The van der Waals surface area contributed by atoms with Gasteiger partial charge in [0.1, 0.15) is 11.6 Å². The van der Waals surface area contributed by atoms with Crippen molar-refractivity contribution in [1.29, 1.82) is 0 Å². The maximum Gasteiger partial charge on any atom is 0.124 e. The molecule has 0 aliphatic heterocycles. The minimum absolute atomic E-state index is 0.265. The topological polar surface area (TPSA) is 26.0 Å². The van der Waals surface area contributed by atoms with Gasteiger partial charge in [0.05, 0.1) is 0 Å². The smallest absolute Gasteiger partial charge is 0.124 e. The van der Waals surface area contributed by atoms with Crippen LogP contribution in [0.2, 0.25) is 0 Å². The van der Waals surface area contributed by atoms with E-state index < -0.39 is 0 Å². The van der Waals surface area contributed by atoms with Crippen molar-refractivity contribution in [2.75, 3.05) is 0 Å². The average molecular weight is 265 g/mol. The Morgan fingerprint density at radius 2 is 1.72 bits per heavy atom.